The molecular formula is C22H19N3O3. The summed E-state index contributed by atoms with van der Waals surface area (Å²) in [5.74, 6) is 0.888. The second-order valence-corrected chi connectivity index (χ2v) is 6.92. The van der Waals surface area contributed by atoms with Gasteiger partial charge in [0, 0.05) is 34.3 Å². The minimum Gasteiger partial charge on any atom is -0.508 e. The van der Waals surface area contributed by atoms with Crippen LogP contribution in [0.25, 0.3) is 10.9 Å². The lowest BCUT2D eigenvalue weighted by Crippen LogP contribution is -2.22. The Morgan fingerprint density at radius 2 is 1.96 bits per heavy atom. The van der Waals surface area contributed by atoms with Crippen LogP contribution in [0.15, 0.2) is 65.3 Å². The van der Waals surface area contributed by atoms with Crippen LogP contribution < -0.4 is 10.6 Å². The number of aromatic hydroxyl groups is 1. The zero-order valence-corrected chi connectivity index (χ0v) is 15.0. The van der Waals surface area contributed by atoms with Crippen molar-refractivity contribution in [1.82, 2.24) is 15.6 Å². The number of hydrogen-bond donors (Lipinski definition) is 4. The van der Waals surface area contributed by atoms with Crippen molar-refractivity contribution in [2.75, 3.05) is 0 Å². The zero-order valence-electron chi connectivity index (χ0n) is 15.0. The van der Waals surface area contributed by atoms with Crippen LogP contribution in [0.4, 0.5) is 0 Å². The molecule has 6 heteroatoms. The Morgan fingerprint density at radius 3 is 2.82 bits per heavy atom. The van der Waals surface area contributed by atoms with Gasteiger partial charge in [0.1, 0.15) is 11.5 Å². The van der Waals surface area contributed by atoms with Gasteiger partial charge in [0.05, 0.1) is 18.8 Å². The van der Waals surface area contributed by atoms with E-state index in [0.29, 0.717) is 18.7 Å². The highest BCUT2D eigenvalue weighted by Crippen LogP contribution is 2.38. The van der Waals surface area contributed by atoms with Crippen LogP contribution in [0.3, 0.4) is 0 Å². The van der Waals surface area contributed by atoms with E-state index in [1.165, 1.54) is 0 Å². The number of rotatable bonds is 5. The van der Waals surface area contributed by atoms with Crippen molar-refractivity contribution in [2.45, 2.75) is 19.1 Å². The monoisotopic (exact) mass is 373 g/mol. The van der Waals surface area contributed by atoms with Gasteiger partial charge >= 0.3 is 0 Å². The van der Waals surface area contributed by atoms with E-state index in [4.69, 9.17) is 4.42 Å². The maximum Gasteiger partial charge on any atom is 0.252 e. The first-order valence-electron chi connectivity index (χ1n) is 9.17. The Balaban J connectivity index is 1.55. The number of fused-ring (bicyclic) bond motifs is 2. The smallest absolute Gasteiger partial charge is 0.252 e. The number of para-hydroxylation sites is 1. The van der Waals surface area contributed by atoms with Crippen molar-refractivity contribution in [1.29, 1.82) is 0 Å². The third-order valence-corrected chi connectivity index (χ3v) is 5.16. The molecule has 1 amide bonds. The number of furan rings is 1. The Kier molecular flexibility index (Phi) is 3.91. The predicted molar refractivity (Wildman–Crippen MR) is 105 cm³/mol. The van der Waals surface area contributed by atoms with Gasteiger partial charge in [0.25, 0.3) is 5.91 Å². The van der Waals surface area contributed by atoms with Crippen LogP contribution in [-0.4, -0.2) is 16.0 Å². The number of aromatic nitrogens is 1. The molecule has 0 spiro atoms. The number of aromatic amines is 1. The summed E-state index contributed by atoms with van der Waals surface area (Å²) in [6.45, 7) is 1.20. The van der Waals surface area contributed by atoms with Crippen LogP contribution in [-0.2, 0) is 13.1 Å². The topological polar surface area (TPSA) is 90.3 Å². The SMILES string of the molecule is O=C1NC(c2c(CNCc3ccco3)[nH]c3ccccc23)c2cc(O)ccc21. The molecule has 1 atom stereocenters. The first-order chi connectivity index (χ1) is 13.7. The number of nitrogens with one attached hydrogen (secondary N) is 3. The summed E-state index contributed by atoms with van der Waals surface area (Å²) in [7, 11) is 0. The fraction of sp³-hybridized carbons (Fsp3) is 0.136. The van der Waals surface area contributed by atoms with Crippen LogP contribution in [0.2, 0.25) is 0 Å². The molecule has 0 aliphatic carbocycles. The lowest BCUT2D eigenvalue weighted by molar-refractivity contribution is 0.0960. The largest absolute Gasteiger partial charge is 0.508 e. The van der Waals surface area contributed by atoms with Gasteiger partial charge < -0.3 is 25.1 Å². The third-order valence-electron chi connectivity index (χ3n) is 5.16. The highest BCUT2D eigenvalue weighted by molar-refractivity contribution is 6.01. The van der Waals surface area contributed by atoms with Crippen molar-refractivity contribution in [3.63, 3.8) is 0 Å². The van der Waals surface area contributed by atoms with Gasteiger partial charge in [-0.15, -0.1) is 0 Å². The highest BCUT2D eigenvalue weighted by atomic mass is 16.3. The number of H-pyrrole nitrogens is 1. The molecule has 1 aliphatic rings. The van der Waals surface area contributed by atoms with E-state index in [2.05, 4.69) is 15.6 Å². The molecule has 0 bridgehead atoms. The highest BCUT2D eigenvalue weighted by Gasteiger charge is 2.33. The molecule has 28 heavy (non-hydrogen) atoms. The summed E-state index contributed by atoms with van der Waals surface area (Å²) in [6.07, 6.45) is 1.66. The van der Waals surface area contributed by atoms with E-state index in [1.807, 2.05) is 36.4 Å². The van der Waals surface area contributed by atoms with Crippen molar-refractivity contribution in [2.24, 2.45) is 0 Å². The molecule has 5 rings (SSSR count). The molecule has 0 saturated heterocycles. The molecular weight excluding hydrogens is 354 g/mol. The van der Waals surface area contributed by atoms with Crippen LogP contribution in [0.5, 0.6) is 5.75 Å². The first-order valence-corrected chi connectivity index (χ1v) is 9.17. The lowest BCUT2D eigenvalue weighted by atomic mass is 9.95. The molecule has 4 N–H and O–H groups in total. The van der Waals surface area contributed by atoms with Crippen molar-refractivity contribution < 1.29 is 14.3 Å². The number of amides is 1. The molecule has 0 fully saturated rings. The average Bonchev–Trinajstić information content (AvgIpc) is 3.40. The molecule has 140 valence electrons. The molecule has 0 saturated carbocycles. The lowest BCUT2D eigenvalue weighted by Gasteiger charge is -2.15. The van der Waals surface area contributed by atoms with Crippen LogP contribution in [0, 0.1) is 0 Å². The molecule has 3 heterocycles. The zero-order chi connectivity index (χ0) is 19.1. The van der Waals surface area contributed by atoms with E-state index in [9.17, 15) is 9.90 Å². The molecule has 0 radical (unpaired) electrons. The summed E-state index contributed by atoms with van der Waals surface area (Å²) in [4.78, 5) is 15.9. The average molecular weight is 373 g/mol. The number of carbonyl (C=O) groups is 1. The molecule has 2 aromatic carbocycles. The number of carbonyl (C=O) groups excluding carboxylic acids is 1. The van der Waals surface area contributed by atoms with E-state index >= 15 is 0 Å². The van der Waals surface area contributed by atoms with Gasteiger partial charge in [-0.05, 0) is 42.0 Å². The van der Waals surface area contributed by atoms with Gasteiger partial charge in [0.2, 0.25) is 0 Å². The van der Waals surface area contributed by atoms with Gasteiger partial charge in [-0.2, -0.15) is 0 Å². The van der Waals surface area contributed by atoms with Crippen molar-refractivity contribution in [3.05, 3.63) is 89.0 Å². The molecule has 1 aliphatic heterocycles. The maximum atomic E-state index is 12.5. The Hall–Kier alpha value is -3.51. The molecule has 4 aromatic rings. The molecule has 1 unspecified atom stereocenters. The second-order valence-electron chi connectivity index (χ2n) is 6.92. The number of hydrogen-bond acceptors (Lipinski definition) is 4. The van der Waals surface area contributed by atoms with Crippen molar-refractivity contribution in [3.8, 4) is 5.75 Å². The quantitative estimate of drug-likeness (QED) is 0.430. The Labute approximate surface area is 161 Å². The second kappa shape index (κ2) is 6.58. The molecule has 6 nitrogen and oxygen atoms in total. The number of benzene rings is 2. The van der Waals surface area contributed by atoms with E-state index in [1.54, 1.807) is 24.5 Å². The maximum absolute atomic E-state index is 12.5. The summed E-state index contributed by atoms with van der Waals surface area (Å²) < 4.78 is 5.38. The normalized spacial score (nSPS) is 15.7. The minimum absolute atomic E-state index is 0.125. The number of phenolic OH excluding ortho intramolecular Hbond substituents is 1. The Morgan fingerprint density at radius 1 is 1.07 bits per heavy atom. The van der Waals surface area contributed by atoms with Gasteiger partial charge in [-0.3, -0.25) is 4.79 Å². The van der Waals surface area contributed by atoms with Gasteiger partial charge in [-0.1, -0.05) is 18.2 Å². The summed E-state index contributed by atoms with van der Waals surface area (Å²) in [5, 5.41) is 17.5. The fourth-order valence-electron chi connectivity index (χ4n) is 3.92. The van der Waals surface area contributed by atoms with Crippen LogP contribution in [0.1, 0.15) is 39.0 Å². The van der Waals surface area contributed by atoms with Crippen molar-refractivity contribution >= 4 is 16.8 Å². The van der Waals surface area contributed by atoms with E-state index in [0.717, 1.165) is 33.5 Å². The Bertz CT molecular complexity index is 1160. The van der Waals surface area contributed by atoms with Gasteiger partial charge in [0.15, 0.2) is 0 Å². The summed E-state index contributed by atoms with van der Waals surface area (Å²) in [6, 6.07) is 16.4. The standard InChI is InChI=1S/C22H19N3O3/c26-13-7-8-15-17(10-13)21(25-22(15)27)20-16-5-1-2-6-18(16)24-19(20)12-23-11-14-4-3-9-28-14/h1-10,21,23-24,26H,11-12H2,(H,25,27). The summed E-state index contributed by atoms with van der Waals surface area (Å²) >= 11 is 0. The number of phenols is 1. The van der Waals surface area contributed by atoms with Gasteiger partial charge in [-0.25, -0.2) is 0 Å². The summed E-state index contributed by atoms with van der Waals surface area (Å²) in [5.41, 5.74) is 4.41. The van der Waals surface area contributed by atoms with E-state index < -0.39 is 0 Å². The fourth-order valence-corrected chi connectivity index (χ4v) is 3.92. The first kappa shape index (κ1) is 16.6. The van der Waals surface area contributed by atoms with Crippen LogP contribution >= 0.6 is 0 Å². The minimum atomic E-state index is -0.314. The molecule has 2 aromatic heterocycles. The third kappa shape index (κ3) is 2.75. The predicted octanol–water partition coefficient (Wildman–Crippen LogP) is 3.59. The van der Waals surface area contributed by atoms with E-state index in [-0.39, 0.29) is 17.7 Å².